The van der Waals surface area contributed by atoms with Crippen LogP contribution in [0, 0.1) is 5.82 Å². The largest absolute Gasteiger partial charge is 0.378 e. The zero-order valence-electron chi connectivity index (χ0n) is 16.0. The molecule has 2 aromatic rings. The highest BCUT2D eigenvalue weighted by atomic mass is 19.1. The number of nitrogens with one attached hydrogen (secondary N) is 1. The predicted molar refractivity (Wildman–Crippen MR) is 109 cm³/mol. The summed E-state index contributed by atoms with van der Waals surface area (Å²) in [5, 5.41) is 2.84. The molecule has 0 aromatic heterocycles. The van der Waals surface area contributed by atoms with E-state index in [1.165, 1.54) is 17.0 Å². The van der Waals surface area contributed by atoms with Crippen molar-refractivity contribution in [3.63, 3.8) is 0 Å². The van der Waals surface area contributed by atoms with Crippen molar-refractivity contribution in [2.24, 2.45) is 0 Å². The third-order valence-electron chi connectivity index (χ3n) is 5.10. The number of halogens is 1. The van der Waals surface area contributed by atoms with Crippen molar-refractivity contribution in [3.05, 3.63) is 54.3 Å². The van der Waals surface area contributed by atoms with Crippen molar-refractivity contribution in [2.75, 3.05) is 61.1 Å². The van der Waals surface area contributed by atoms with E-state index in [0.29, 0.717) is 24.5 Å². The molecule has 2 aliphatic heterocycles. The lowest BCUT2D eigenvalue weighted by Gasteiger charge is -2.28. The van der Waals surface area contributed by atoms with E-state index in [9.17, 15) is 14.0 Å². The molecule has 4 rings (SSSR count). The van der Waals surface area contributed by atoms with Crippen LogP contribution in [0.15, 0.2) is 48.5 Å². The van der Waals surface area contributed by atoms with Gasteiger partial charge in [0.2, 0.25) is 5.91 Å². The molecule has 0 bridgehead atoms. The number of urea groups is 1. The summed E-state index contributed by atoms with van der Waals surface area (Å²) in [7, 11) is 0. The maximum Gasteiger partial charge on any atom is 0.325 e. The molecule has 0 spiro atoms. The van der Waals surface area contributed by atoms with Crippen LogP contribution in [-0.2, 0) is 9.53 Å². The van der Waals surface area contributed by atoms with E-state index >= 15 is 0 Å². The Morgan fingerprint density at radius 1 is 0.931 bits per heavy atom. The molecule has 0 aliphatic carbocycles. The van der Waals surface area contributed by atoms with Crippen LogP contribution >= 0.6 is 0 Å². The first-order valence-corrected chi connectivity index (χ1v) is 9.65. The zero-order chi connectivity index (χ0) is 20.2. The van der Waals surface area contributed by atoms with E-state index in [1.807, 2.05) is 24.3 Å². The summed E-state index contributed by atoms with van der Waals surface area (Å²) in [6.45, 7) is 4.03. The number of benzene rings is 2. The maximum atomic E-state index is 13.1. The summed E-state index contributed by atoms with van der Waals surface area (Å²) in [4.78, 5) is 30.2. The van der Waals surface area contributed by atoms with Gasteiger partial charge in [0.25, 0.3) is 0 Å². The quantitative estimate of drug-likeness (QED) is 0.841. The highest BCUT2D eigenvalue weighted by molar-refractivity contribution is 5.99. The minimum Gasteiger partial charge on any atom is -0.378 e. The van der Waals surface area contributed by atoms with E-state index in [2.05, 4.69) is 10.2 Å². The van der Waals surface area contributed by atoms with Gasteiger partial charge in [0.1, 0.15) is 12.4 Å². The van der Waals surface area contributed by atoms with Crippen molar-refractivity contribution in [3.8, 4) is 0 Å². The van der Waals surface area contributed by atoms with Crippen LogP contribution < -0.4 is 15.1 Å². The van der Waals surface area contributed by atoms with Crippen molar-refractivity contribution < 1.29 is 18.7 Å². The predicted octanol–water partition coefficient (Wildman–Crippen LogP) is 2.54. The Kier molecular flexibility index (Phi) is 5.62. The van der Waals surface area contributed by atoms with Crippen LogP contribution in [-0.4, -0.2) is 62.8 Å². The van der Waals surface area contributed by atoms with Gasteiger partial charge in [-0.15, -0.1) is 0 Å². The molecule has 2 aromatic carbocycles. The lowest BCUT2D eigenvalue weighted by Crippen LogP contribution is -2.37. The second-order valence-electron chi connectivity index (χ2n) is 7.03. The molecule has 2 heterocycles. The number of morpholine rings is 1. The third kappa shape index (κ3) is 4.48. The van der Waals surface area contributed by atoms with Crippen LogP contribution in [0.5, 0.6) is 0 Å². The summed E-state index contributed by atoms with van der Waals surface area (Å²) < 4.78 is 18.4. The van der Waals surface area contributed by atoms with E-state index in [0.717, 1.165) is 32.0 Å². The van der Waals surface area contributed by atoms with Crippen molar-refractivity contribution in [1.29, 1.82) is 0 Å². The molecule has 3 amide bonds. The van der Waals surface area contributed by atoms with Gasteiger partial charge in [0.15, 0.2) is 0 Å². The summed E-state index contributed by atoms with van der Waals surface area (Å²) in [6.07, 6.45) is 0. The second-order valence-corrected chi connectivity index (χ2v) is 7.03. The number of ether oxygens (including phenoxy) is 1. The number of hydrogen-bond acceptors (Lipinski definition) is 4. The molecule has 2 aliphatic rings. The minimum absolute atomic E-state index is 0.0260. The highest BCUT2D eigenvalue weighted by Crippen LogP contribution is 2.21. The highest BCUT2D eigenvalue weighted by Gasteiger charge is 2.30. The van der Waals surface area contributed by atoms with E-state index in [-0.39, 0.29) is 24.3 Å². The van der Waals surface area contributed by atoms with Gasteiger partial charge in [0.05, 0.1) is 13.2 Å². The zero-order valence-corrected chi connectivity index (χ0v) is 16.0. The molecule has 8 heteroatoms. The van der Waals surface area contributed by atoms with Crippen molar-refractivity contribution in [2.45, 2.75) is 0 Å². The number of nitrogens with zero attached hydrogens (tertiary/aromatic N) is 3. The Morgan fingerprint density at radius 2 is 1.59 bits per heavy atom. The lowest BCUT2D eigenvalue weighted by atomic mass is 10.2. The van der Waals surface area contributed by atoms with Gasteiger partial charge in [-0.3, -0.25) is 9.69 Å². The number of carbonyl (C=O) groups is 2. The van der Waals surface area contributed by atoms with E-state index in [4.69, 9.17) is 4.74 Å². The minimum atomic E-state index is -0.351. The molecule has 2 fully saturated rings. The molecule has 0 saturated carbocycles. The van der Waals surface area contributed by atoms with Crippen LogP contribution in [0.25, 0.3) is 0 Å². The second kappa shape index (κ2) is 8.48. The van der Waals surface area contributed by atoms with Crippen LogP contribution in [0.4, 0.5) is 26.2 Å². The molecule has 0 unspecified atom stereocenters. The molecule has 152 valence electrons. The van der Waals surface area contributed by atoms with Crippen LogP contribution in [0.3, 0.4) is 0 Å². The van der Waals surface area contributed by atoms with Gasteiger partial charge in [-0.2, -0.15) is 0 Å². The molecule has 0 atom stereocenters. The molecule has 1 N–H and O–H groups in total. The first-order valence-electron chi connectivity index (χ1n) is 9.65. The van der Waals surface area contributed by atoms with E-state index in [1.54, 1.807) is 17.0 Å². The fourth-order valence-corrected chi connectivity index (χ4v) is 3.54. The number of amides is 3. The standard InChI is InChI=1S/C21H23FN4O3/c22-16-1-5-19(6-2-16)26-10-9-25(21(26)28)15-20(27)23-17-3-7-18(8-4-17)24-11-13-29-14-12-24/h1-8H,9-15H2,(H,23,27). The van der Waals surface area contributed by atoms with Gasteiger partial charge in [-0.1, -0.05) is 0 Å². The molecule has 2 saturated heterocycles. The van der Waals surface area contributed by atoms with Crippen molar-refractivity contribution >= 4 is 29.0 Å². The summed E-state index contributed by atoms with van der Waals surface area (Å²) >= 11 is 0. The monoisotopic (exact) mass is 398 g/mol. The maximum absolute atomic E-state index is 13.1. The number of anilines is 3. The average Bonchev–Trinajstić information content (AvgIpc) is 3.10. The van der Waals surface area contributed by atoms with Gasteiger partial charge in [-0.05, 0) is 48.5 Å². The average molecular weight is 398 g/mol. The third-order valence-corrected chi connectivity index (χ3v) is 5.10. The normalized spacial score (nSPS) is 17.0. The van der Waals surface area contributed by atoms with Gasteiger partial charge in [0, 0.05) is 43.2 Å². The Hall–Kier alpha value is -3.13. The molecular formula is C21H23FN4O3. The summed E-state index contributed by atoms with van der Waals surface area (Å²) in [5.74, 6) is -0.602. The first-order chi connectivity index (χ1) is 14.1. The summed E-state index contributed by atoms with van der Waals surface area (Å²) in [6, 6.07) is 13.2. The number of hydrogen-bond donors (Lipinski definition) is 1. The Labute approximate surface area is 168 Å². The van der Waals surface area contributed by atoms with Gasteiger partial charge >= 0.3 is 6.03 Å². The first kappa shape index (κ1) is 19.2. The fraction of sp³-hybridized carbons (Fsp3) is 0.333. The molecule has 0 radical (unpaired) electrons. The van der Waals surface area contributed by atoms with Gasteiger partial charge in [-0.25, -0.2) is 9.18 Å². The van der Waals surface area contributed by atoms with Crippen LogP contribution in [0.1, 0.15) is 0 Å². The Balaban J connectivity index is 1.31. The topological polar surface area (TPSA) is 65.1 Å². The summed E-state index contributed by atoms with van der Waals surface area (Å²) in [5.41, 5.74) is 2.41. The number of rotatable bonds is 5. The van der Waals surface area contributed by atoms with Crippen LogP contribution in [0.2, 0.25) is 0 Å². The Morgan fingerprint density at radius 3 is 2.28 bits per heavy atom. The van der Waals surface area contributed by atoms with Crippen molar-refractivity contribution in [1.82, 2.24) is 4.90 Å². The van der Waals surface area contributed by atoms with Gasteiger partial charge < -0.3 is 19.9 Å². The Bertz CT molecular complexity index is 866. The lowest BCUT2D eigenvalue weighted by molar-refractivity contribution is -0.116. The van der Waals surface area contributed by atoms with E-state index < -0.39 is 0 Å². The number of carbonyl (C=O) groups excluding carboxylic acids is 2. The fourth-order valence-electron chi connectivity index (χ4n) is 3.54. The molecule has 7 nitrogen and oxygen atoms in total. The smallest absolute Gasteiger partial charge is 0.325 e. The SMILES string of the molecule is O=C(CN1CCN(c2ccc(F)cc2)C1=O)Nc1ccc(N2CCOCC2)cc1. The molecule has 29 heavy (non-hydrogen) atoms. The molecular weight excluding hydrogens is 375 g/mol.